The highest BCUT2D eigenvalue weighted by Crippen LogP contribution is 2.43. The van der Waals surface area contributed by atoms with E-state index in [1.54, 1.807) is 11.3 Å². The van der Waals surface area contributed by atoms with Gasteiger partial charge in [-0.1, -0.05) is 12.1 Å². The molecule has 3 rings (SSSR count). The van der Waals surface area contributed by atoms with E-state index >= 15 is 0 Å². The molecule has 0 radical (unpaired) electrons. The number of halogens is 1. The SMILES string of the molecule is Nc1cccc(C2(c3ccc(Br)s3)COC2)c1. The first-order chi connectivity index (χ1) is 8.21. The number of hydrogen-bond donors (Lipinski definition) is 1. The molecule has 1 aliphatic heterocycles. The number of benzene rings is 1. The van der Waals surface area contributed by atoms with Crippen LogP contribution in [0.25, 0.3) is 0 Å². The van der Waals surface area contributed by atoms with Crippen molar-refractivity contribution in [3.8, 4) is 0 Å². The molecule has 0 aliphatic carbocycles. The summed E-state index contributed by atoms with van der Waals surface area (Å²) in [5.41, 5.74) is 7.93. The Morgan fingerprint density at radius 2 is 2.06 bits per heavy atom. The molecule has 17 heavy (non-hydrogen) atoms. The third-order valence-electron chi connectivity index (χ3n) is 3.18. The Hall–Kier alpha value is -0.840. The second kappa shape index (κ2) is 4.12. The summed E-state index contributed by atoms with van der Waals surface area (Å²) in [5.74, 6) is 0. The molecule has 2 N–H and O–H groups in total. The quantitative estimate of drug-likeness (QED) is 0.863. The van der Waals surface area contributed by atoms with Gasteiger partial charge >= 0.3 is 0 Å². The molecule has 4 heteroatoms. The Bertz CT molecular complexity index is 548. The molecule has 1 aromatic carbocycles. The van der Waals surface area contributed by atoms with E-state index in [9.17, 15) is 0 Å². The van der Waals surface area contributed by atoms with Crippen LogP contribution < -0.4 is 5.73 Å². The van der Waals surface area contributed by atoms with Crippen molar-refractivity contribution in [3.05, 3.63) is 50.6 Å². The molecule has 0 atom stereocenters. The van der Waals surface area contributed by atoms with Crippen LogP contribution in [0.1, 0.15) is 10.4 Å². The third-order valence-corrected chi connectivity index (χ3v) is 5.01. The smallest absolute Gasteiger partial charge is 0.0764 e. The minimum Gasteiger partial charge on any atom is -0.399 e. The summed E-state index contributed by atoms with van der Waals surface area (Å²) in [6, 6.07) is 12.4. The maximum Gasteiger partial charge on any atom is 0.0764 e. The second-order valence-electron chi connectivity index (χ2n) is 4.30. The lowest BCUT2D eigenvalue weighted by Crippen LogP contribution is -2.47. The first-order valence-corrected chi connectivity index (χ1v) is 7.01. The van der Waals surface area contributed by atoms with Crippen LogP contribution in [-0.2, 0) is 10.2 Å². The molecule has 2 heterocycles. The normalized spacial score (nSPS) is 17.7. The van der Waals surface area contributed by atoms with E-state index < -0.39 is 0 Å². The molecule has 1 aliphatic rings. The van der Waals surface area contributed by atoms with Crippen LogP contribution in [0.4, 0.5) is 5.69 Å². The van der Waals surface area contributed by atoms with E-state index in [4.69, 9.17) is 10.5 Å². The van der Waals surface area contributed by atoms with Crippen molar-refractivity contribution in [2.24, 2.45) is 0 Å². The zero-order valence-corrected chi connectivity index (χ0v) is 11.6. The largest absolute Gasteiger partial charge is 0.399 e. The van der Waals surface area contributed by atoms with Gasteiger partial charge in [0.05, 0.1) is 22.4 Å². The summed E-state index contributed by atoms with van der Waals surface area (Å²) in [4.78, 5) is 1.33. The summed E-state index contributed by atoms with van der Waals surface area (Å²) in [5, 5.41) is 0. The lowest BCUT2D eigenvalue weighted by Gasteiger charge is -2.41. The fourth-order valence-corrected chi connectivity index (χ4v) is 3.73. The van der Waals surface area contributed by atoms with Crippen molar-refractivity contribution in [2.45, 2.75) is 5.41 Å². The molecule has 88 valence electrons. The number of anilines is 1. The maximum atomic E-state index is 5.87. The van der Waals surface area contributed by atoms with Gasteiger partial charge in [0, 0.05) is 10.6 Å². The Morgan fingerprint density at radius 1 is 1.24 bits per heavy atom. The van der Waals surface area contributed by atoms with E-state index in [-0.39, 0.29) is 5.41 Å². The Labute approximate surface area is 113 Å². The van der Waals surface area contributed by atoms with E-state index in [0.29, 0.717) is 0 Å². The van der Waals surface area contributed by atoms with Gasteiger partial charge < -0.3 is 10.5 Å². The molecule has 0 unspecified atom stereocenters. The van der Waals surface area contributed by atoms with Gasteiger partial charge in [-0.2, -0.15) is 0 Å². The van der Waals surface area contributed by atoms with Gasteiger partial charge in [0.15, 0.2) is 0 Å². The van der Waals surface area contributed by atoms with Gasteiger partial charge in [-0.15, -0.1) is 11.3 Å². The van der Waals surface area contributed by atoms with E-state index in [1.807, 2.05) is 12.1 Å². The van der Waals surface area contributed by atoms with Crippen molar-refractivity contribution in [1.82, 2.24) is 0 Å². The molecular formula is C13H12BrNOS. The standard InChI is InChI=1S/C13H12BrNOS/c14-12-5-4-11(17-12)13(7-16-8-13)9-2-1-3-10(15)6-9/h1-6H,7-8,15H2. The van der Waals surface area contributed by atoms with Crippen molar-refractivity contribution in [3.63, 3.8) is 0 Å². The molecule has 1 fully saturated rings. The minimum atomic E-state index is 0.00602. The summed E-state index contributed by atoms with van der Waals surface area (Å²) in [6.07, 6.45) is 0. The van der Waals surface area contributed by atoms with Crippen LogP contribution >= 0.6 is 27.3 Å². The van der Waals surface area contributed by atoms with Crippen molar-refractivity contribution >= 4 is 33.0 Å². The Morgan fingerprint density at radius 3 is 2.59 bits per heavy atom. The fourth-order valence-electron chi connectivity index (χ4n) is 2.17. The summed E-state index contributed by atoms with van der Waals surface area (Å²) < 4.78 is 6.60. The lowest BCUT2D eigenvalue weighted by atomic mass is 9.77. The van der Waals surface area contributed by atoms with Gasteiger partial charge in [-0.05, 0) is 45.8 Å². The molecule has 0 saturated carbocycles. The van der Waals surface area contributed by atoms with Gasteiger partial charge in [-0.25, -0.2) is 0 Å². The van der Waals surface area contributed by atoms with Crippen LogP contribution in [0.2, 0.25) is 0 Å². The summed E-state index contributed by atoms with van der Waals surface area (Å²) in [7, 11) is 0. The minimum absolute atomic E-state index is 0.00602. The molecule has 1 aromatic heterocycles. The van der Waals surface area contributed by atoms with Gasteiger partial charge in [-0.3, -0.25) is 0 Å². The van der Waals surface area contributed by atoms with Crippen molar-refractivity contribution < 1.29 is 4.74 Å². The average Bonchev–Trinajstić information content (AvgIpc) is 2.64. The van der Waals surface area contributed by atoms with Crippen LogP contribution in [0.15, 0.2) is 40.2 Å². The molecule has 0 amide bonds. The van der Waals surface area contributed by atoms with Crippen LogP contribution in [0, 0.1) is 0 Å². The van der Waals surface area contributed by atoms with Crippen LogP contribution in [0.5, 0.6) is 0 Å². The predicted octanol–water partition coefficient (Wildman–Crippen LogP) is 3.41. The second-order valence-corrected chi connectivity index (χ2v) is 6.77. The van der Waals surface area contributed by atoms with Gasteiger partial charge in [0.1, 0.15) is 0 Å². The number of hydrogen-bond acceptors (Lipinski definition) is 3. The summed E-state index contributed by atoms with van der Waals surface area (Å²) >= 11 is 5.28. The number of thiophene rings is 1. The van der Waals surface area contributed by atoms with Crippen molar-refractivity contribution in [2.75, 3.05) is 18.9 Å². The highest BCUT2D eigenvalue weighted by atomic mass is 79.9. The molecular weight excluding hydrogens is 298 g/mol. The van der Waals surface area contributed by atoms with Gasteiger partial charge in [0.2, 0.25) is 0 Å². The zero-order chi connectivity index (χ0) is 11.9. The number of rotatable bonds is 2. The first kappa shape index (κ1) is 11.3. The third kappa shape index (κ3) is 1.80. The molecule has 0 spiro atoms. The number of ether oxygens (including phenoxy) is 1. The highest BCUT2D eigenvalue weighted by Gasteiger charge is 2.43. The number of nitrogen functional groups attached to an aromatic ring is 1. The molecule has 2 aromatic rings. The van der Waals surface area contributed by atoms with E-state index in [1.165, 1.54) is 10.4 Å². The Kier molecular flexibility index (Phi) is 2.73. The number of nitrogens with two attached hydrogens (primary N) is 1. The topological polar surface area (TPSA) is 35.2 Å². The van der Waals surface area contributed by atoms with E-state index in [2.05, 4.69) is 40.2 Å². The first-order valence-electron chi connectivity index (χ1n) is 5.40. The van der Waals surface area contributed by atoms with E-state index in [0.717, 1.165) is 22.7 Å². The van der Waals surface area contributed by atoms with Crippen LogP contribution in [-0.4, -0.2) is 13.2 Å². The average molecular weight is 310 g/mol. The molecule has 2 nitrogen and oxygen atoms in total. The molecule has 0 bridgehead atoms. The zero-order valence-electron chi connectivity index (χ0n) is 9.15. The Balaban J connectivity index is 2.08. The van der Waals surface area contributed by atoms with Gasteiger partial charge in [0.25, 0.3) is 0 Å². The predicted molar refractivity (Wildman–Crippen MR) is 74.5 cm³/mol. The lowest BCUT2D eigenvalue weighted by molar-refractivity contribution is -0.0362. The summed E-state index contributed by atoms with van der Waals surface area (Å²) in [6.45, 7) is 1.48. The van der Waals surface area contributed by atoms with Crippen molar-refractivity contribution in [1.29, 1.82) is 0 Å². The highest BCUT2D eigenvalue weighted by molar-refractivity contribution is 9.11. The fraction of sp³-hybridized carbons (Fsp3) is 0.231. The monoisotopic (exact) mass is 309 g/mol. The molecule has 1 saturated heterocycles. The maximum absolute atomic E-state index is 5.87. The van der Waals surface area contributed by atoms with Crippen LogP contribution in [0.3, 0.4) is 0 Å².